The molecule has 7 heteroatoms. The molecule has 0 radical (unpaired) electrons. The third-order valence-electron chi connectivity index (χ3n) is 3.39. The Balaban J connectivity index is 2.57. The highest BCUT2D eigenvalue weighted by Gasteiger charge is 2.48. The third kappa shape index (κ3) is 1.83. The molecule has 2 heterocycles. The van der Waals surface area contributed by atoms with Crippen molar-refractivity contribution in [2.45, 2.75) is 25.8 Å². The van der Waals surface area contributed by atoms with Crippen molar-refractivity contribution in [3.63, 3.8) is 0 Å². The maximum Gasteiger partial charge on any atom is 0.420 e. The van der Waals surface area contributed by atoms with E-state index in [0.717, 1.165) is 12.8 Å². The molecule has 1 unspecified atom stereocenters. The van der Waals surface area contributed by atoms with E-state index in [1.165, 1.54) is 0 Å². The molecule has 1 aromatic rings. The summed E-state index contributed by atoms with van der Waals surface area (Å²) >= 11 is 5.85. The number of hydrogen-bond acceptors (Lipinski definition) is 4. The molecule has 1 saturated heterocycles. The second-order valence-corrected chi connectivity index (χ2v) is 4.72. The van der Waals surface area contributed by atoms with Crippen LogP contribution in [0.4, 0.5) is 16.6 Å². The summed E-state index contributed by atoms with van der Waals surface area (Å²) in [5.74, 6) is 0.547. The lowest BCUT2D eigenvalue weighted by atomic mass is 10.2. The Morgan fingerprint density at radius 1 is 1.59 bits per heavy atom. The first-order valence-electron chi connectivity index (χ1n) is 5.45. The summed E-state index contributed by atoms with van der Waals surface area (Å²) in [6, 6.07) is 1.21. The number of carbonyl (C=O) groups excluding carboxylic acids is 1. The summed E-state index contributed by atoms with van der Waals surface area (Å²) < 4.78 is 0.00639. The molecule has 1 aromatic heterocycles. The molecule has 0 spiro atoms. The number of aromatic nitrogens is 2. The lowest BCUT2D eigenvalue weighted by molar-refractivity contribution is 0.204. The first kappa shape index (κ1) is 12.1. The van der Waals surface area contributed by atoms with Gasteiger partial charge in [0.25, 0.3) is 0 Å². The zero-order valence-corrected chi connectivity index (χ0v) is 10.3. The number of quaternary nitrogens is 1. The Morgan fingerprint density at radius 3 is 2.76 bits per heavy atom. The molecule has 17 heavy (non-hydrogen) atoms. The van der Waals surface area contributed by atoms with Gasteiger partial charge in [-0.05, 0) is 6.92 Å². The molecule has 2 amide bonds. The van der Waals surface area contributed by atoms with Crippen LogP contribution in [0.2, 0.25) is 5.15 Å². The van der Waals surface area contributed by atoms with Gasteiger partial charge in [-0.15, -0.1) is 0 Å². The van der Waals surface area contributed by atoms with Crippen LogP contribution in [0.15, 0.2) is 6.07 Å². The minimum atomic E-state index is -0.427. The molecule has 92 valence electrons. The summed E-state index contributed by atoms with van der Waals surface area (Å²) in [6.07, 6.45) is 1.84. The molecule has 2 rings (SSSR count). The van der Waals surface area contributed by atoms with Crippen LogP contribution in [0.5, 0.6) is 0 Å². The first-order valence-corrected chi connectivity index (χ1v) is 5.83. The van der Waals surface area contributed by atoms with E-state index < -0.39 is 6.03 Å². The van der Waals surface area contributed by atoms with Crippen molar-refractivity contribution < 1.29 is 4.79 Å². The van der Waals surface area contributed by atoms with E-state index in [9.17, 15) is 4.79 Å². The highest BCUT2D eigenvalue weighted by Crippen LogP contribution is 2.34. The van der Waals surface area contributed by atoms with E-state index in [4.69, 9.17) is 23.1 Å². The number of urea groups is 1. The number of nitrogens with zero attached hydrogens (tertiary/aromatic N) is 3. The number of hydrogen-bond donors (Lipinski definition) is 2. The van der Waals surface area contributed by atoms with Crippen molar-refractivity contribution >= 4 is 29.4 Å². The second-order valence-electron chi connectivity index (χ2n) is 4.33. The largest absolute Gasteiger partial charge is 0.420 e. The predicted molar refractivity (Wildman–Crippen MR) is 66.4 cm³/mol. The molecular formula is C10H15ClN5O+. The summed E-state index contributed by atoms with van der Waals surface area (Å²) in [5, 5.41) is 0.227. The smallest absolute Gasteiger partial charge is 0.368 e. The van der Waals surface area contributed by atoms with Crippen LogP contribution < -0.4 is 16.0 Å². The Labute approximate surface area is 104 Å². The van der Waals surface area contributed by atoms with Gasteiger partial charge in [-0.3, -0.25) is 0 Å². The van der Waals surface area contributed by atoms with E-state index in [2.05, 4.69) is 9.97 Å². The average Bonchev–Trinajstić information content (AvgIpc) is 2.59. The lowest BCUT2D eigenvalue weighted by Crippen LogP contribution is -2.59. The van der Waals surface area contributed by atoms with Crippen LogP contribution in [-0.2, 0) is 0 Å². The number of rotatable bonds is 1. The normalized spacial score (nSPS) is 28.2. The minimum Gasteiger partial charge on any atom is -0.368 e. The van der Waals surface area contributed by atoms with Crippen LogP contribution in [-0.4, -0.2) is 28.6 Å². The van der Waals surface area contributed by atoms with Gasteiger partial charge in [0.15, 0.2) is 0 Å². The molecule has 0 aromatic carbocycles. The molecule has 1 aliphatic rings. The quantitative estimate of drug-likeness (QED) is 0.584. The summed E-state index contributed by atoms with van der Waals surface area (Å²) in [7, 11) is 0. The Hall–Kier alpha value is -1.40. The summed E-state index contributed by atoms with van der Waals surface area (Å²) in [4.78, 5) is 19.7. The zero-order valence-electron chi connectivity index (χ0n) is 9.56. The molecule has 2 atom stereocenters. The number of halogens is 1. The fourth-order valence-corrected chi connectivity index (χ4v) is 2.67. The number of nitrogen functional groups attached to an aromatic ring is 1. The Bertz CT molecular complexity index is 446. The molecule has 4 N–H and O–H groups in total. The van der Waals surface area contributed by atoms with Crippen molar-refractivity contribution in [3.05, 3.63) is 11.2 Å². The van der Waals surface area contributed by atoms with Gasteiger partial charge in [-0.25, -0.2) is 9.78 Å². The van der Waals surface area contributed by atoms with Gasteiger partial charge < -0.3 is 11.5 Å². The van der Waals surface area contributed by atoms with Crippen molar-refractivity contribution in [2.24, 2.45) is 5.73 Å². The minimum absolute atomic E-state index is 0.00639. The van der Waals surface area contributed by atoms with Crippen LogP contribution in [0.1, 0.15) is 19.8 Å². The molecule has 1 fully saturated rings. The summed E-state index contributed by atoms with van der Waals surface area (Å²) in [5.41, 5.74) is 11.1. The summed E-state index contributed by atoms with van der Waals surface area (Å²) in [6.45, 7) is 2.60. The average molecular weight is 257 g/mol. The predicted octanol–water partition coefficient (Wildman–Crippen LogP) is 1.28. The van der Waals surface area contributed by atoms with Crippen LogP contribution >= 0.6 is 11.6 Å². The van der Waals surface area contributed by atoms with Gasteiger partial charge >= 0.3 is 6.03 Å². The van der Waals surface area contributed by atoms with E-state index in [-0.39, 0.29) is 21.6 Å². The van der Waals surface area contributed by atoms with E-state index in [0.29, 0.717) is 12.4 Å². The van der Waals surface area contributed by atoms with Crippen molar-refractivity contribution in [1.29, 1.82) is 0 Å². The third-order valence-corrected chi connectivity index (χ3v) is 3.58. The number of amides is 2. The van der Waals surface area contributed by atoms with Crippen molar-refractivity contribution in [3.8, 4) is 0 Å². The number of carbonyl (C=O) groups is 1. The van der Waals surface area contributed by atoms with Gasteiger partial charge in [0, 0.05) is 12.8 Å². The van der Waals surface area contributed by atoms with E-state index in [1.807, 2.05) is 6.92 Å². The van der Waals surface area contributed by atoms with Crippen molar-refractivity contribution in [2.75, 3.05) is 12.3 Å². The first-order chi connectivity index (χ1) is 7.96. The zero-order chi connectivity index (χ0) is 12.6. The fraction of sp³-hybridized carbons (Fsp3) is 0.500. The van der Waals surface area contributed by atoms with Crippen molar-refractivity contribution in [1.82, 2.24) is 14.5 Å². The Morgan fingerprint density at radius 2 is 2.29 bits per heavy atom. The highest BCUT2D eigenvalue weighted by molar-refractivity contribution is 6.29. The van der Waals surface area contributed by atoms with Gasteiger partial charge in [0.2, 0.25) is 11.8 Å². The Kier molecular flexibility index (Phi) is 2.92. The fourth-order valence-electron chi connectivity index (χ4n) is 2.48. The van der Waals surface area contributed by atoms with Crippen LogP contribution in [0.3, 0.4) is 0 Å². The molecule has 0 saturated carbocycles. The van der Waals surface area contributed by atoms with E-state index >= 15 is 0 Å². The maximum absolute atomic E-state index is 11.8. The van der Waals surface area contributed by atoms with Crippen LogP contribution in [0.25, 0.3) is 0 Å². The van der Waals surface area contributed by atoms with Gasteiger partial charge in [0.1, 0.15) is 11.2 Å². The molecule has 6 nitrogen and oxygen atoms in total. The monoisotopic (exact) mass is 256 g/mol. The molecular weight excluding hydrogens is 242 g/mol. The SMILES string of the molecule is C[C@@H]1CCC[N+]1(C(N)=O)c1cc(Cl)nc(N)n1. The number of likely N-dealkylation sites (tertiary alicyclic amines) is 1. The standard InChI is InChI=1S/C10H14ClN5O/c1-6-3-2-4-16(6,10(13)17)8-5-7(11)14-9(12)15-8/h5-6H,2-4H2,1H3,(H3-,12,13,14,15,17)/p+1/t6-,16?/m1/s1. The van der Waals surface area contributed by atoms with E-state index in [1.54, 1.807) is 6.07 Å². The van der Waals surface area contributed by atoms with Crippen LogP contribution in [0, 0.1) is 0 Å². The van der Waals surface area contributed by atoms with Gasteiger partial charge in [0.05, 0.1) is 12.6 Å². The maximum atomic E-state index is 11.8. The topological polar surface area (TPSA) is 94.9 Å². The number of anilines is 1. The molecule has 0 bridgehead atoms. The lowest BCUT2D eigenvalue weighted by Gasteiger charge is -2.31. The molecule has 0 aliphatic carbocycles. The molecule has 1 aliphatic heterocycles. The number of nitrogens with two attached hydrogens (primary N) is 2. The second kappa shape index (κ2) is 4.12. The van der Waals surface area contributed by atoms with Gasteiger partial charge in [-0.2, -0.15) is 9.47 Å². The highest BCUT2D eigenvalue weighted by atomic mass is 35.5. The van der Waals surface area contributed by atoms with Gasteiger partial charge in [-0.1, -0.05) is 11.6 Å². The number of primary amides is 1.